The van der Waals surface area contributed by atoms with Gasteiger partial charge in [-0.1, -0.05) is 30.3 Å². The number of nitrogens with zero attached hydrogens (tertiary/aromatic N) is 2. The van der Waals surface area contributed by atoms with Crippen LogP contribution in [0.3, 0.4) is 0 Å². The van der Waals surface area contributed by atoms with Crippen LogP contribution >= 0.6 is 0 Å². The smallest absolute Gasteiger partial charge is 0.267 e. The molecule has 0 spiro atoms. The summed E-state index contributed by atoms with van der Waals surface area (Å²) in [5.74, 6) is -1.02. The zero-order valence-electron chi connectivity index (χ0n) is 14.0. The molecular formula is C19H18N4O3. The second kappa shape index (κ2) is 7.60. The molecule has 0 aliphatic carbocycles. The molecule has 0 saturated carbocycles. The molecule has 3 amide bonds. The van der Waals surface area contributed by atoms with Gasteiger partial charge in [0.05, 0.1) is 5.69 Å². The lowest BCUT2D eigenvalue weighted by atomic mass is 10.1. The molecule has 1 aliphatic rings. The van der Waals surface area contributed by atoms with Crippen LogP contribution in [0.15, 0.2) is 59.7 Å². The summed E-state index contributed by atoms with van der Waals surface area (Å²) in [7, 11) is 0. The molecule has 132 valence electrons. The van der Waals surface area contributed by atoms with E-state index in [1.165, 1.54) is 5.01 Å². The zero-order chi connectivity index (χ0) is 18.5. The summed E-state index contributed by atoms with van der Waals surface area (Å²) in [6.45, 7) is 0.234. The van der Waals surface area contributed by atoms with Crippen molar-refractivity contribution in [2.75, 3.05) is 5.01 Å². The molecule has 3 rings (SSSR count). The summed E-state index contributed by atoms with van der Waals surface area (Å²) >= 11 is 0. The Balaban J connectivity index is 1.70. The van der Waals surface area contributed by atoms with Gasteiger partial charge in [0.1, 0.15) is 5.71 Å². The van der Waals surface area contributed by atoms with E-state index in [1.807, 2.05) is 6.07 Å². The van der Waals surface area contributed by atoms with E-state index in [2.05, 4.69) is 10.4 Å². The van der Waals surface area contributed by atoms with Gasteiger partial charge in [0.25, 0.3) is 5.91 Å². The molecule has 2 aromatic carbocycles. The summed E-state index contributed by atoms with van der Waals surface area (Å²) in [6.07, 6.45) is 0.508. The van der Waals surface area contributed by atoms with Gasteiger partial charge in [-0.2, -0.15) is 5.10 Å². The lowest BCUT2D eigenvalue weighted by Crippen LogP contribution is -2.38. The zero-order valence-corrected chi connectivity index (χ0v) is 14.0. The highest BCUT2D eigenvalue weighted by molar-refractivity contribution is 6.40. The lowest BCUT2D eigenvalue weighted by molar-refractivity contribution is -0.119. The van der Waals surface area contributed by atoms with Gasteiger partial charge in [-0.3, -0.25) is 14.4 Å². The first-order valence-electron chi connectivity index (χ1n) is 8.17. The summed E-state index contributed by atoms with van der Waals surface area (Å²) < 4.78 is 0. The first-order chi connectivity index (χ1) is 12.5. The first-order valence-corrected chi connectivity index (χ1v) is 8.17. The first kappa shape index (κ1) is 17.3. The van der Waals surface area contributed by atoms with Gasteiger partial charge in [-0.25, -0.2) is 5.01 Å². The molecule has 1 heterocycles. The van der Waals surface area contributed by atoms with Crippen molar-refractivity contribution in [3.63, 3.8) is 0 Å². The van der Waals surface area contributed by atoms with Crippen LogP contribution in [0.4, 0.5) is 5.69 Å². The Morgan fingerprint density at radius 3 is 2.58 bits per heavy atom. The number of rotatable bonds is 5. The number of hydrazone groups is 1. The molecule has 0 aromatic heterocycles. The van der Waals surface area contributed by atoms with Gasteiger partial charge in [0.2, 0.25) is 11.8 Å². The van der Waals surface area contributed by atoms with Gasteiger partial charge in [-0.15, -0.1) is 0 Å². The Morgan fingerprint density at radius 2 is 1.85 bits per heavy atom. The monoisotopic (exact) mass is 350 g/mol. The number of para-hydroxylation sites is 1. The highest BCUT2D eigenvalue weighted by Gasteiger charge is 2.25. The van der Waals surface area contributed by atoms with E-state index in [1.54, 1.807) is 48.5 Å². The maximum Gasteiger partial charge on any atom is 0.267 e. The van der Waals surface area contributed by atoms with Crippen molar-refractivity contribution in [2.45, 2.75) is 19.4 Å². The number of benzene rings is 2. The number of amides is 3. The highest BCUT2D eigenvalue weighted by atomic mass is 16.2. The van der Waals surface area contributed by atoms with Gasteiger partial charge in [-0.05, 0) is 29.8 Å². The third kappa shape index (κ3) is 3.94. The Bertz CT molecular complexity index is 877. The van der Waals surface area contributed by atoms with Crippen molar-refractivity contribution in [1.82, 2.24) is 5.32 Å². The topological polar surface area (TPSA) is 105 Å². The summed E-state index contributed by atoms with van der Waals surface area (Å²) in [5.41, 5.74) is 7.30. The quantitative estimate of drug-likeness (QED) is 0.855. The van der Waals surface area contributed by atoms with Crippen LogP contribution in [0.25, 0.3) is 0 Å². The average molecular weight is 350 g/mol. The Morgan fingerprint density at radius 1 is 1.08 bits per heavy atom. The Hall–Kier alpha value is -3.48. The van der Waals surface area contributed by atoms with Crippen molar-refractivity contribution in [3.8, 4) is 0 Å². The molecule has 3 N–H and O–H groups in total. The van der Waals surface area contributed by atoms with E-state index >= 15 is 0 Å². The van der Waals surface area contributed by atoms with Gasteiger partial charge < -0.3 is 11.1 Å². The van der Waals surface area contributed by atoms with Crippen molar-refractivity contribution < 1.29 is 14.4 Å². The lowest BCUT2D eigenvalue weighted by Gasteiger charge is -2.23. The van der Waals surface area contributed by atoms with Crippen LogP contribution in [0, 0.1) is 0 Å². The molecule has 0 unspecified atom stereocenters. The number of carbonyl (C=O) groups excluding carboxylic acids is 3. The Kier molecular flexibility index (Phi) is 5.07. The van der Waals surface area contributed by atoms with E-state index in [0.29, 0.717) is 17.0 Å². The van der Waals surface area contributed by atoms with E-state index in [9.17, 15) is 14.4 Å². The molecule has 0 atom stereocenters. The van der Waals surface area contributed by atoms with Crippen LogP contribution < -0.4 is 16.1 Å². The van der Waals surface area contributed by atoms with Crippen molar-refractivity contribution in [3.05, 3.63) is 65.7 Å². The predicted molar refractivity (Wildman–Crippen MR) is 97.4 cm³/mol. The second-order valence-corrected chi connectivity index (χ2v) is 5.84. The van der Waals surface area contributed by atoms with Gasteiger partial charge in [0.15, 0.2) is 0 Å². The molecule has 0 radical (unpaired) electrons. The number of primary amides is 1. The third-order valence-electron chi connectivity index (χ3n) is 3.96. The van der Waals surface area contributed by atoms with Crippen LogP contribution in [-0.4, -0.2) is 23.4 Å². The van der Waals surface area contributed by atoms with E-state index in [-0.39, 0.29) is 31.2 Å². The molecule has 0 bridgehead atoms. The summed E-state index contributed by atoms with van der Waals surface area (Å²) in [4.78, 5) is 35.7. The highest BCUT2D eigenvalue weighted by Crippen LogP contribution is 2.19. The SMILES string of the molecule is NC(=O)c1cccc(CNC(=O)C2=NN(c3ccccc3)C(=O)CC2)c1. The van der Waals surface area contributed by atoms with Gasteiger partial charge >= 0.3 is 0 Å². The van der Waals surface area contributed by atoms with Crippen LogP contribution in [0.2, 0.25) is 0 Å². The molecule has 7 nitrogen and oxygen atoms in total. The second-order valence-electron chi connectivity index (χ2n) is 5.84. The summed E-state index contributed by atoms with van der Waals surface area (Å²) in [5, 5.41) is 8.22. The minimum absolute atomic E-state index is 0.151. The van der Waals surface area contributed by atoms with Gasteiger partial charge in [0, 0.05) is 24.9 Å². The van der Waals surface area contributed by atoms with Crippen molar-refractivity contribution >= 4 is 29.1 Å². The normalized spacial score (nSPS) is 13.9. The molecule has 7 heteroatoms. The molecule has 26 heavy (non-hydrogen) atoms. The van der Waals surface area contributed by atoms with Crippen LogP contribution in [-0.2, 0) is 16.1 Å². The Labute approximate surface area is 150 Å². The maximum atomic E-state index is 12.4. The van der Waals surface area contributed by atoms with Crippen LogP contribution in [0.5, 0.6) is 0 Å². The number of hydrogen-bond acceptors (Lipinski definition) is 4. The number of hydrogen-bond donors (Lipinski definition) is 2. The number of nitrogens with one attached hydrogen (secondary N) is 1. The number of anilines is 1. The fourth-order valence-electron chi connectivity index (χ4n) is 2.61. The molecule has 2 aromatic rings. The fourth-order valence-corrected chi connectivity index (χ4v) is 2.61. The van der Waals surface area contributed by atoms with Crippen molar-refractivity contribution in [1.29, 1.82) is 0 Å². The predicted octanol–water partition coefficient (Wildman–Crippen LogP) is 1.58. The molecular weight excluding hydrogens is 332 g/mol. The third-order valence-corrected chi connectivity index (χ3v) is 3.96. The van der Waals surface area contributed by atoms with Crippen molar-refractivity contribution in [2.24, 2.45) is 10.8 Å². The maximum absolute atomic E-state index is 12.4. The minimum atomic E-state index is -0.521. The van der Waals surface area contributed by atoms with E-state index in [4.69, 9.17) is 5.73 Å². The summed E-state index contributed by atoms with van der Waals surface area (Å²) in [6, 6.07) is 15.7. The standard InChI is InChI=1S/C19H18N4O3/c20-18(25)14-6-4-5-13(11-14)12-21-19(26)16-9-10-17(24)23(22-16)15-7-2-1-3-8-15/h1-8,11H,9-10,12H2,(H2,20,25)(H,21,26). The van der Waals surface area contributed by atoms with Crippen LogP contribution in [0.1, 0.15) is 28.8 Å². The van der Waals surface area contributed by atoms with E-state index < -0.39 is 5.91 Å². The number of nitrogens with two attached hydrogens (primary N) is 1. The molecule has 0 saturated heterocycles. The minimum Gasteiger partial charge on any atom is -0.366 e. The van der Waals surface area contributed by atoms with E-state index in [0.717, 1.165) is 5.56 Å². The fraction of sp³-hybridized carbons (Fsp3) is 0.158. The molecule has 0 fully saturated rings. The average Bonchev–Trinajstić information content (AvgIpc) is 2.67. The largest absolute Gasteiger partial charge is 0.366 e. The molecule has 1 aliphatic heterocycles. The number of carbonyl (C=O) groups is 3.